The van der Waals surface area contributed by atoms with Crippen LogP contribution in [0.15, 0.2) is 65.5 Å². The van der Waals surface area contributed by atoms with Gasteiger partial charge in [-0.3, -0.25) is 9.59 Å². The third-order valence-corrected chi connectivity index (χ3v) is 6.54. The van der Waals surface area contributed by atoms with Gasteiger partial charge in [0.25, 0.3) is 11.5 Å². The summed E-state index contributed by atoms with van der Waals surface area (Å²) < 4.78 is 43.3. The molecule has 2 aromatic carbocycles. The first-order chi connectivity index (χ1) is 16.7. The summed E-state index contributed by atoms with van der Waals surface area (Å²) in [7, 11) is 0. The molecule has 0 saturated carbocycles. The lowest BCUT2D eigenvalue weighted by atomic mass is 9.80. The number of ether oxygens (including phenoxy) is 1. The molecule has 0 spiro atoms. The summed E-state index contributed by atoms with van der Waals surface area (Å²) in [5.41, 5.74) is 3.03. The second-order valence-corrected chi connectivity index (χ2v) is 8.85. The molecule has 2 atom stereocenters. The standard InChI is InChI=1S/C26H20F3N3O3/c27-26(28,29)35-21-7-5-18(6-8-21)22-9-10-23(33)32-14-17-11-20(24(22)32)15-31(13-17)25(34)19-3-1-16(12-30)2-4-19/h1-10,17,20H,11,13-15H2. The summed E-state index contributed by atoms with van der Waals surface area (Å²) in [6.07, 6.45) is -3.97. The first kappa shape index (κ1) is 22.7. The van der Waals surface area contributed by atoms with Crippen molar-refractivity contribution in [2.24, 2.45) is 5.92 Å². The number of fused-ring (bicyclic) bond motifs is 4. The molecular weight excluding hydrogens is 459 g/mol. The Morgan fingerprint density at radius 3 is 2.34 bits per heavy atom. The number of rotatable bonds is 3. The number of hydrogen-bond acceptors (Lipinski definition) is 4. The summed E-state index contributed by atoms with van der Waals surface area (Å²) in [6.45, 7) is 1.40. The van der Waals surface area contributed by atoms with Gasteiger partial charge in [0, 0.05) is 48.4 Å². The molecule has 6 nitrogen and oxygen atoms in total. The lowest BCUT2D eigenvalue weighted by Crippen LogP contribution is -2.49. The van der Waals surface area contributed by atoms with Gasteiger partial charge in [0.1, 0.15) is 5.75 Å². The predicted molar refractivity (Wildman–Crippen MR) is 121 cm³/mol. The quantitative estimate of drug-likeness (QED) is 0.553. The fourth-order valence-electron chi connectivity index (χ4n) is 5.13. The highest BCUT2D eigenvalue weighted by atomic mass is 19.4. The van der Waals surface area contributed by atoms with Crippen molar-refractivity contribution in [3.63, 3.8) is 0 Å². The summed E-state index contributed by atoms with van der Waals surface area (Å²) in [6, 6.07) is 17.3. The number of piperidine rings is 1. The average Bonchev–Trinajstić information content (AvgIpc) is 2.84. The second-order valence-electron chi connectivity index (χ2n) is 8.85. The van der Waals surface area contributed by atoms with Crippen LogP contribution in [0.1, 0.15) is 34.0 Å². The fraction of sp³-hybridized carbons (Fsp3) is 0.269. The highest BCUT2D eigenvalue weighted by molar-refractivity contribution is 5.94. The van der Waals surface area contributed by atoms with E-state index >= 15 is 0 Å². The Morgan fingerprint density at radius 2 is 1.69 bits per heavy atom. The Bertz CT molecular complexity index is 1370. The molecule has 2 aliphatic rings. The molecule has 0 radical (unpaired) electrons. The first-order valence-electron chi connectivity index (χ1n) is 11.1. The van der Waals surface area contributed by atoms with Gasteiger partial charge in [0.05, 0.1) is 11.6 Å². The highest BCUT2D eigenvalue weighted by Gasteiger charge is 2.38. The zero-order valence-corrected chi connectivity index (χ0v) is 18.5. The van der Waals surface area contributed by atoms with Gasteiger partial charge in [0.15, 0.2) is 0 Å². The maximum atomic E-state index is 13.2. The van der Waals surface area contributed by atoms with E-state index in [9.17, 15) is 22.8 Å². The number of hydrogen-bond donors (Lipinski definition) is 0. The van der Waals surface area contributed by atoms with Crippen molar-refractivity contribution in [2.45, 2.75) is 25.2 Å². The molecular formula is C26H20F3N3O3. The van der Waals surface area contributed by atoms with E-state index < -0.39 is 6.36 Å². The number of alkyl halides is 3. The SMILES string of the molecule is N#Cc1ccc(C(=O)N2CC3CC(C2)c2c(-c4ccc(OC(F)(F)F)cc4)ccc(=O)n2C3)cc1. The molecule has 9 heteroatoms. The van der Waals surface area contributed by atoms with Crippen LogP contribution in [0.5, 0.6) is 5.75 Å². The molecule has 3 heterocycles. The van der Waals surface area contributed by atoms with Crippen LogP contribution in [0.25, 0.3) is 11.1 Å². The predicted octanol–water partition coefficient (Wildman–Crippen LogP) is 4.55. The van der Waals surface area contributed by atoms with E-state index in [-0.39, 0.29) is 29.1 Å². The van der Waals surface area contributed by atoms with Crippen LogP contribution in [-0.4, -0.2) is 34.8 Å². The fourth-order valence-corrected chi connectivity index (χ4v) is 5.13. The normalized spacial score (nSPS) is 19.0. The van der Waals surface area contributed by atoms with E-state index in [1.54, 1.807) is 39.8 Å². The Balaban J connectivity index is 1.46. The molecule has 35 heavy (non-hydrogen) atoms. The molecule has 3 aromatic rings. The number of nitriles is 1. The van der Waals surface area contributed by atoms with Crippen LogP contribution in [-0.2, 0) is 6.54 Å². The number of pyridine rings is 1. The van der Waals surface area contributed by atoms with Crippen molar-refractivity contribution in [2.75, 3.05) is 13.1 Å². The monoisotopic (exact) mass is 479 g/mol. The van der Waals surface area contributed by atoms with Crippen LogP contribution in [0.2, 0.25) is 0 Å². The van der Waals surface area contributed by atoms with Crippen LogP contribution >= 0.6 is 0 Å². The molecule has 2 aliphatic heterocycles. The Kier molecular flexibility index (Phi) is 5.59. The van der Waals surface area contributed by atoms with Gasteiger partial charge in [0.2, 0.25) is 0 Å². The van der Waals surface area contributed by atoms with Crippen molar-refractivity contribution in [1.82, 2.24) is 9.47 Å². The van der Waals surface area contributed by atoms with Crippen LogP contribution in [0.4, 0.5) is 13.2 Å². The van der Waals surface area contributed by atoms with Crippen molar-refractivity contribution in [3.8, 4) is 22.9 Å². The number of aromatic nitrogens is 1. The molecule has 1 aromatic heterocycles. The van der Waals surface area contributed by atoms with Crippen LogP contribution in [0.3, 0.4) is 0 Å². The number of halogens is 3. The van der Waals surface area contributed by atoms with Gasteiger partial charge in [-0.2, -0.15) is 5.26 Å². The lowest BCUT2D eigenvalue weighted by Gasteiger charge is -2.43. The molecule has 178 valence electrons. The lowest BCUT2D eigenvalue weighted by molar-refractivity contribution is -0.274. The van der Waals surface area contributed by atoms with E-state index in [1.165, 1.54) is 30.3 Å². The molecule has 5 rings (SSSR count). The van der Waals surface area contributed by atoms with E-state index in [4.69, 9.17) is 5.26 Å². The van der Waals surface area contributed by atoms with Crippen molar-refractivity contribution in [1.29, 1.82) is 5.26 Å². The maximum Gasteiger partial charge on any atom is 0.573 e. The largest absolute Gasteiger partial charge is 0.573 e. The minimum absolute atomic E-state index is 0.0974. The molecule has 0 N–H and O–H groups in total. The second kappa shape index (κ2) is 8.62. The summed E-state index contributed by atoms with van der Waals surface area (Å²) >= 11 is 0. The van der Waals surface area contributed by atoms with E-state index in [0.717, 1.165) is 17.7 Å². The van der Waals surface area contributed by atoms with Gasteiger partial charge in [-0.05, 0) is 60.4 Å². The Morgan fingerprint density at radius 1 is 0.971 bits per heavy atom. The topological polar surface area (TPSA) is 75.3 Å². The van der Waals surface area contributed by atoms with Gasteiger partial charge in [-0.25, -0.2) is 0 Å². The number of likely N-dealkylation sites (tertiary alicyclic amines) is 1. The average molecular weight is 479 g/mol. The number of nitrogens with zero attached hydrogens (tertiary/aromatic N) is 3. The molecule has 1 saturated heterocycles. The third kappa shape index (κ3) is 4.52. The number of benzene rings is 2. The zero-order chi connectivity index (χ0) is 24.7. The third-order valence-electron chi connectivity index (χ3n) is 6.54. The summed E-state index contributed by atoms with van der Waals surface area (Å²) in [5, 5.41) is 8.99. The van der Waals surface area contributed by atoms with Gasteiger partial charge in [-0.1, -0.05) is 12.1 Å². The molecule has 1 amide bonds. The van der Waals surface area contributed by atoms with E-state index in [0.29, 0.717) is 36.3 Å². The first-order valence-corrected chi connectivity index (χ1v) is 11.1. The van der Waals surface area contributed by atoms with E-state index in [2.05, 4.69) is 4.74 Å². The Hall–Kier alpha value is -4.06. The Labute approximate surface area is 198 Å². The van der Waals surface area contributed by atoms with Crippen molar-refractivity contribution in [3.05, 3.63) is 87.8 Å². The number of carbonyl (C=O) groups excluding carboxylic acids is 1. The van der Waals surface area contributed by atoms with Crippen LogP contribution in [0, 0.1) is 17.2 Å². The maximum absolute atomic E-state index is 13.2. The minimum Gasteiger partial charge on any atom is -0.406 e. The van der Waals surface area contributed by atoms with Gasteiger partial charge in [-0.15, -0.1) is 13.2 Å². The number of carbonyl (C=O) groups is 1. The van der Waals surface area contributed by atoms with Crippen molar-refractivity contribution < 1.29 is 22.7 Å². The smallest absolute Gasteiger partial charge is 0.406 e. The molecule has 0 aliphatic carbocycles. The van der Waals surface area contributed by atoms with E-state index in [1.807, 2.05) is 6.07 Å². The summed E-state index contributed by atoms with van der Waals surface area (Å²) in [5.74, 6) is -0.440. The molecule has 2 bridgehead atoms. The minimum atomic E-state index is -4.78. The summed E-state index contributed by atoms with van der Waals surface area (Å²) in [4.78, 5) is 27.7. The van der Waals surface area contributed by atoms with Gasteiger partial charge >= 0.3 is 6.36 Å². The van der Waals surface area contributed by atoms with Crippen LogP contribution < -0.4 is 10.3 Å². The molecule has 1 fully saturated rings. The zero-order valence-electron chi connectivity index (χ0n) is 18.5. The number of amides is 1. The van der Waals surface area contributed by atoms with Gasteiger partial charge < -0.3 is 14.2 Å². The van der Waals surface area contributed by atoms with Crippen molar-refractivity contribution >= 4 is 5.91 Å². The molecule has 2 unspecified atom stereocenters. The highest BCUT2D eigenvalue weighted by Crippen LogP contribution is 2.40.